The van der Waals surface area contributed by atoms with Gasteiger partial charge < -0.3 is 15.3 Å². The lowest BCUT2D eigenvalue weighted by atomic mass is 9.82. The lowest BCUT2D eigenvalue weighted by Gasteiger charge is -2.19. The van der Waals surface area contributed by atoms with E-state index in [1.165, 1.54) is 57.8 Å². The molecule has 0 atom stereocenters. The predicted octanol–water partition coefficient (Wildman–Crippen LogP) is 5.10. The molecule has 0 rings (SSSR count). The summed E-state index contributed by atoms with van der Waals surface area (Å²) in [5.41, 5.74) is -2.71. The van der Waals surface area contributed by atoms with E-state index in [0.29, 0.717) is 12.8 Å². The second kappa shape index (κ2) is 14.6. The average Bonchev–Trinajstić information content (AvgIpc) is 2.57. The van der Waals surface area contributed by atoms with Crippen molar-refractivity contribution in [1.29, 1.82) is 0 Å². The van der Waals surface area contributed by atoms with Gasteiger partial charge in [0, 0.05) is 0 Å². The van der Waals surface area contributed by atoms with Gasteiger partial charge in [-0.25, -0.2) is 0 Å². The van der Waals surface area contributed by atoms with Gasteiger partial charge in [0.15, 0.2) is 0 Å². The van der Waals surface area contributed by atoms with E-state index >= 15 is 0 Å². The molecule has 6 heteroatoms. The van der Waals surface area contributed by atoms with E-state index in [1.807, 2.05) is 0 Å². The van der Waals surface area contributed by atoms with E-state index in [-0.39, 0.29) is 6.42 Å². The number of hydrogen-bond acceptors (Lipinski definition) is 3. The van der Waals surface area contributed by atoms with Crippen LogP contribution in [0.2, 0.25) is 0 Å². The zero-order valence-corrected chi connectivity index (χ0v) is 16.2. The van der Waals surface area contributed by atoms with Crippen molar-refractivity contribution in [3.05, 3.63) is 0 Å². The summed E-state index contributed by atoms with van der Waals surface area (Å²) in [6.45, 7) is 2.22. The number of hydrogen-bond donors (Lipinski definition) is 3. The minimum absolute atomic E-state index is 0.294. The van der Waals surface area contributed by atoms with Gasteiger partial charge in [-0.3, -0.25) is 14.4 Å². The molecule has 152 valence electrons. The molecule has 0 aliphatic rings. The normalized spacial score (nSPS) is 11.4. The zero-order valence-electron chi connectivity index (χ0n) is 16.2. The van der Waals surface area contributed by atoms with Crippen LogP contribution in [0.5, 0.6) is 0 Å². The van der Waals surface area contributed by atoms with Crippen molar-refractivity contribution >= 4 is 17.9 Å². The molecule has 0 aromatic rings. The topological polar surface area (TPSA) is 112 Å². The van der Waals surface area contributed by atoms with Gasteiger partial charge in [-0.05, 0) is 6.42 Å². The van der Waals surface area contributed by atoms with E-state index in [0.717, 1.165) is 19.3 Å². The molecule has 0 saturated carbocycles. The Morgan fingerprint density at radius 2 is 0.808 bits per heavy atom. The Bertz CT molecular complexity index is 382. The molecule has 0 spiro atoms. The molecule has 0 saturated heterocycles. The largest absolute Gasteiger partial charge is 0.480 e. The summed E-state index contributed by atoms with van der Waals surface area (Å²) in [7, 11) is 0. The van der Waals surface area contributed by atoms with E-state index < -0.39 is 23.3 Å². The Morgan fingerprint density at radius 3 is 1.08 bits per heavy atom. The van der Waals surface area contributed by atoms with E-state index in [4.69, 9.17) is 15.3 Å². The third-order valence-electron chi connectivity index (χ3n) is 5.00. The van der Waals surface area contributed by atoms with Crippen LogP contribution in [0.15, 0.2) is 0 Å². The SMILES string of the molecule is CCCCCCCCCCCCCCCCC(C(=O)O)(C(=O)O)C(=O)O. The number of carboxylic acids is 3. The first-order valence-corrected chi connectivity index (χ1v) is 10.1. The number of rotatable bonds is 18. The number of aliphatic carboxylic acids is 3. The molecule has 0 aliphatic carbocycles. The first-order valence-electron chi connectivity index (χ1n) is 10.1. The number of carboxylic acid groups (broad SMARTS) is 3. The molecule has 0 bridgehead atoms. The third kappa shape index (κ3) is 9.20. The second-order valence-electron chi connectivity index (χ2n) is 7.17. The quantitative estimate of drug-likeness (QED) is 0.228. The summed E-state index contributed by atoms with van der Waals surface area (Å²) in [6.07, 6.45) is 15.3. The zero-order chi connectivity index (χ0) is 19.8. The first-order chi connectivity index (χ1) is 12.4. The van der Waals surface area contributed by atoms with Crippen LogP contribution in [0.25, 0.3) is 0 Å². The van der Waals surface area contributed by atoms with Crippen LogP contribution in [0, 0.1) is 5.41 Å². The summed E-state index contributed by atoms with van der Waals surface area (Å²) in [4.78, 5) is 33.3. The summed E-state index contributed by atoms with van der Waals surface area (Å²) in [5.74, 6) is -5.40. The fourth-order valence-electron chi connectivity index (χ4n) is 3.18. The van der Waals surface area contributed by atoms with Crippen LogP contribution in [0.1, 0.15) is 103 Å². The number of unbranched alkanes of at least 4 members (excludes halogenated alkanes) is 13. The first kappa shape index (κ1) is 24.4. The number of carbonyl (C=O) groups is 3. The van der Waals surface area contributed by atoms with Crippen molar-refractivity contribution in [1.82, 2.24) is 0 Å². The van der Waals surface area contributed by atoms with Gasteiger partial charge >= 0.3 is 17.9 Å². The van der Waals surface area contributed by atoms with Crippen molar-refractivity contribution in [3.63, 3.8) is 0 Å². The van der Waals surface area contributed by atoms with Gasteiger partial charge in [-0.15, -0.1) is 0 Å². The maximum atomic E-state index is 11.1. The van der Waals surface area contributed by atoms with Crippen molar-refractivity contribution in [2.75, 3.05) is 0 Å². The molecule has 0 heterocycles. The Hall–Kier alpha value is -1.59. The summed E-state index contributed by atoms with van der Waals surface area (Å²) in [6, 6.07) is 0. The minimum Gasteiger partial charge on any atom is -0.480 e. The molecule has 3 N–H and O–H groups in total. The standard InChI is InChI=1S/C20H36O6/c1-2-3-4-5-6-7-8-9-10-11-12-13-14-15-16-20(17(21)22,18(23)24)19(25)26/h2-16H2,1H3,(H,21,22)(H,23,24)(H,25,26). The van der Waals surface area contributed by atoms with Gasteiger partial charge in [0.25, 0.3) is 5.41 Å². The van der Waals surface area contributed by atoms with E-state index in [2.05, 4.69) is 6.92 Å². The van der Waals surface area contributed by atoms with Crippen LogP contribution in [-0.2, 0) is 14.4 Å². The smallest absolute Gasteiger partial charge is 0.332 e. The second-order valence-corrected chi connectivity index (χ2v) is 7.17. The fraction of sp³-hybridized carbons (Fsp3) is 0.850. The van der Waals surface area contributed by atoms with Gasteiger partial charge in [0.1, 0.15) is 0 Å². The lowest BCUT2D eigenvalue weighted by molar-refractivity contribution is -0.176. The summed E-state index contributed by atoms with van der Waals surface area (Å²) < 4.78 is 0. The van der Waals surface area contributed by atoms with Crippen LogP contribution in [-0.4, -0.2) is 33.2 Å². The average molecular weight is 373 g/mol. The lowest BCUT2D eigenvalue weighted by Crippen LogP contribution is -2.46. The van der Waals surface area contributed by atoms with Crippen molar-refractivity contribution in [3.8, 4) is 0 Å². The summed E-state index contributed by atoms with van der Waals surface area (Å²) >= 11 is 0. The highest BCUT2D eigenvalue weighted by atomic mass is 16.4. The minimum atomic E-state index is -2.71. The molecule has 0 radical (unpaired) electrons. The van der Waals surface area contributed by atoms with Crippen molar-refractivity contribution < 1.29 is 29.7 Å². The fourth-order valence-corrected chi connectivity index (χ4v) is 3.18. The van der Waals surface area contributed by atoms with Crippen molar-refractivity contribution in [2.45, 2.75) is 103 Å². The molecular weight excluding hydrogens is 336 g/mol. The van der Waals surface area contributed by atoms with Crippen LogP contribution in [0.3, 0.4) is 0 Å². The molecule has 0 unspecified atom stereocenters. The van der Waals surface area contributed by atoms with Gasteiger partial charge in [0.05, 0.1) is 0 Å². The molecule has 0 aromatic heterocycles. The molecule has 0 aromatic carbocycles. The van der Waals surface area contributed by atoms with Crippen LogP contribution < -0.4 is 0 Å². The Labute approximate surface area is 157 Å². The summed E-state index contributed by atoms with van der Waals surface area (Å²) in [5, 5.41) is 27.0. The van der Waals surface area contributed by atoms with Crippen molar-refractivity contribution in [2.24, 2.45) is 5.41 Å². The Balaban J connectivity index is 3.68. The highest BCUT2D eigenvalue weighted by molar-refractivity contribution is 6.16. The molecule has 6 nitrogen and oxygen atoms in total. The molecule has 0 aliphatic heterocycles. The molecule has 26 heavy (non-hydrogen) atoms. The van der Waals surface area contributed by atoms with Gasteiger partial charge in [-0.2, -0.15) is 0 Å². The maximum Gasteiger partial charge on any atom is 0.332 e. The van der Waals surface area contributed by atoms with E-state index in [1.54, 1.807) is 0 Å². The Kier molecular flexibility index (Phi) is 13.7. The van der Waals surface area contributed by atoms with E-state index in [9.17, 15) is 14.4 Å². The monoisotopic (exact) mass is 372 g/mol. The maximum absolute atomic E-state index is 11.1. The highest BCUT2D eigenvalue weighted by Crippen LogP contribution is 2.27. The van der Waals surface area contributed by atoms with Gasteiger partial charge in [0.2, 0.25) is 0 Å². The van der Waals surface area contributed by atoms with Gasteiger partial charge in [-0.1, -0.05) is 96.8 Å². The highest BCUT2D eigenvalue weighted by Gasteiger charge is 2.53. The third-order valence-corrected chi connectivity index (χ3v) is 5.00. The van der Waals surface area contributed by atoms with Crippen LogP contribution >= 0.6 is 0 Å². The Morgan fingerprint density at radius 1 is 0.538 bits per heavy atom. The molecular formula is C20H36O6. The molecule has 0 amide bonds. The van der Waals surface area contributed by atoms with Crippen LogP contribution in [0.4, 0.5) is 0 Å². The predicted molar refractivity (Wildman–Crippen MR) is 100 cm³/mol. The molecule has 0 fully saturated rings.